The summed E-state index contributed by atoms with van der Waals surface area (Å²) in [6, 6.07) is 6.67. The quantitative estimate of drug-likeness (QED) is 0.236. The minimum absolute atomic E-state index is 0.169. The van der Waals surface area contributed by atoms with Crippen LogP contribution in [-0.4, -0.2) is 17.6 Å². The number of oxime groups is 1. The van der Waals surface area contributed by atoms with Crippen LogP contribution in [-0.2, 0) is 0 Å². The molecule has 0 aromatic heterocycles. The van der Waals surface area contributed by atoms with E-state index in [-0.39, 0.29) is 23.1 Å². The van der Waals surface area contributed by atoms with Crippen molar-refractivity contribution in [3.8, 4) is 0 Å². The second-order valence-corrected chi connectivity index (χ2v) is 5.70. The molecule has 0 radical (unpaired) electrons. The molecule has 0 spiro atoms. The van der Waals surface area contributed by atoms with Crippen LogP contribution in [0, 0.1) is 11.2 Å². The fraction of sp³-hybridized carbons (Fsp3) is 0.533. The minimum atomic E-state index is -0.310. The Morgan fingerprint density at radius 2 is 2.00 bits per heavy atom. The van der Waals surface area contributed by atoms with E-state index in [0.717, 1.165) is 24.9 Å². The monoisotopic (exact) mass is 281 g/mol. The van der Waals surface area contributed by atoms with Crippen molar-refractivity contribution in [2.75, 3.05) is 6.54 Å². The van der Waals surface area contributed by atoms with Gasteiger partial charge in [-0.2, -0.15) is 0 Å². The third kappa shape index (κ3) is 4.81. The summed E-state index contributed by atoms with van der Waals surface area (Å²) in [6.45, 7) is 6.76. The van der Waals surface area contributed by atoms with Gasteiger partial charge >= 0.3 is 0 Å². The van der Waals surface area contributed by atoms with E-state index >= 15 is 0 Å². The molecule has 1 atom stereocenters. The van der Waals surface area contributed by atoms with Gasteiger partial charge < -0.3 is 16.3 Å². The summed E-state index contributed by atoms with van der Waals surface area (Å²) in [7, 11) is 0. The van der Waals surface area contributed by atoms with E-state index in [4.69, 9.17) is 10.9 Å². The average Bonchev–Trinajstić information content (AvgIpc) is 2.43. The topological polar surface area (TPSA) is 70.6 Å². The molecule has 0 aliphatic heterocycles. The van der Waals surface area contributed by atoms with E-state index in [1.54, 1.807) is 12.1 Å². The van der Waals surface area contributed by atoms with Crippen LogP contribution in [0.2, 0.25) is 0 Å². The summed E-state index contributed by atoms with van der Waals surface area (Å²) in [5.41, 5.74) is 6.39. The largest absolute Gasteiger partial charge is 0.409 e. The number of nitrogens with two attached hydrogens (primary N) is 1. The zero-order chi connectivity index (χ0) is 15.2. The molecule has 1 rings (SSSR count). The van der Waals surface area contributed by atoms with Gasteiger partial charge in [-0.05, 0) is 44.0 Å². The van der Waals surface area contributed by atoms with Gasteiger partial charge in [0.2, 0.25) is 0 Å². The van der Waals surface area contributed by atoms with Gasteiger partial charge in [-0.3, -0.25) is 0 Å². The van der Waals surface area contributed by atoms with E-state index in [1.807, 2.05) is 20.8 Å². The first kappa shape index (κ1) is 16.4. The Labute approximate surface area is 119 Å². The molecule has 0 aliphatic carbocycles. The molecule has 0 saturated carbocycles. The predicted molar refractivity (Wildman–Crippen MR) is 79.2 cm³/mol. The van der Waals surface area contributed by atoms with Gasteiger partial charge in [0, 0.05) is 11.5 Å². The summed E-state index contributed by atoms with van der Waals surface area (Å²) in [6.07, 6.45) is 1.74. The van der Waals surface area contributed by atoms with Crippen molar-refractivity contribution < 1.29 is 9.60 Å². The Morgan fingerprint density at radius 3 is 2.55 bits per heavy atom. The summed E-state index contributed by atoms with van der Waals surface area (Å²) < 4.78 is 12.8. The highest BCUT2D eigenvalue weighted by Gasteiger charge is 2.22. The molecule has 112 valence electrons. The minimum Gasteiger partial charge on any atom is -0.409 e. The number of nitrogens with one attached hydrogen (secondary N) is 1. The van der Waals surface area contributed by atoms with E-state index in [1.165, 1.54) is 12.1 Å². The molecule has 1 aromatic carbocycles. The fourth-order valence-corrected chi connectivity index (χ4v) is 1.98. The van der Waals surface area contributed by atoms with E-state index in [0.29, 0.717) is 0 Å². The van der Waals surface area contributed by atoms with Crippen LogP contribution in [0.4, 0.5) is 4.39 Å². The lowest BCUT2D eigenvalue weighted by molar-refractivity contribution is 0.304. The lowest BCUT2D eigenvalue weighted by Crippen LogP contribution is -2.32. The number of rotatable bonds is 7. The molecular weight excluding hydrogens is 257 g/mol. The van der Waals surface area contributed by atoms with Gasteiger partial charge in [-0.25, -0.2) is 4.39 Å². The first-order chi connectivity index (χ1) is 9.36. The number of halogens is 1. The molecule has 0 amide bonds. The lowest BCUT2D eigenvalue weighted by Gasteiger charge is -2.23. The number of nitrogens with zero attached hydrogens (tertiary/aromatic N) is 1. The molecule has 0 aliphatic rings. The number of amidine groups is 1. The Bertz CT molecular complexity index is 443. The summed E-state index contributed by atoms with van der Waals surface area (Å²) in [5, 5.41) is 15.2. The van der Waals surface area contributed by atoms with Crippen LogP contribution in [0.15, 0.2) is 29.4 Å². The highest BCUT2D eigenvalue weighted by atomic mass is 19.1. The SMILES string of the molecule is C[C@H](NCCCC(C)(C)/C(N)=N/O)c1ccc(F)cc1. The van der Waals surface area contributed by atoms with Crippen LogP contribution in [0.3, 0.4) is 0 Å². The maximum Gasteiger partial charge on any atom is 0.144 e. The molecule has 4 N–H and O–H groups in total. The van der Waals surface area contributed by atoms with Crippen molar-refractivity contribution in [2.45, 2.75) is 39.7 Å². The van der Waals surface area contributed by atoms with Crippen molar-refractivity contribution in [3.05, 3.63) is 35.6 Å². The van der Waals surface area contributed by atoms with Crippen molar-refractivity contribution in [1.29, 1.82) is 0 Å². The first-order valence-electron chi connectivity index (χ1n) is 6.83. The zero-order valence-electron chi connectivity index (χ0n) is 12.4. The van der Waals surface area contributed by atoms with Gasteiger partial charge in [-0.1, -0.05) is 31.1 Å². The Hall–Kier alpha value is -1.62. The summed E-state index contributed by atoms with van der Waals surface area (Å²) >= 11 is 0. The van der Waals surface area contributed by atoms with Crippen LogP contribution in [0.25, 0.3) is 0 Å². The number of hydrogen-bond acceptors (Lipinski definition) is 3. The second-order valence-electron chi connectivity index (χ2n) is 5.70. The van der Waals surface area contributed by atoms with Crippen LogP contribution >= 0.6 is 0 Å². The summed E-state index contributed by atoms with van der Waals surface area (Å²) in [4.78, 5) is 0. The van der Waals surface area contributed by atoms with Crippen molar-refractivity contribution in [2.24, 2.45) is 16.3 Å². The highest BCUT2D eigenvalue weighted by molar-refractivity contribution is 5.85. The maximum atomic E-state index is 12.8. The third-order valence-electron chi connectivity index (χ3n) is 3.60. The molecule has 0 fully saturated rings. The average molecular weight is 281 g/mol. The van der Waals surface area contributed by atoms with Crippen molar-refractivity contribution in [1.82, 2.24) is 5.32 Å². The van der Waals surface area contributed by atoms with Crippen LogP contribution < -0.4 is 11.1 Å². The zero-order valence-corrected chi connectivity index (χ0v) is 12.4. The molecule has 0 bridgehead atoms. The standard InChI is InChI=1S/C15H24FN3O/c1-11(12-5-7-13(16)8-6-12)18-10-4-9-15(2,3)14(17)19-20/h5-8,11,18,20H,4,9-10H2,1-3H3,(H2,17,19)/t11-/m0/s1. The molecule has 0 heterocycles. The van der Waals surface area contributed by atoms with Gasteiger partial charge in [0.1, 0.15) is 11.7 Å². The Balaban J connectivity index is 2.36. The van der Waals surface area contributed by atoms with E-state index in [2.05, 4.69) is 10.5 Å². The van der Waals surface area contributed by atoms with Crippen LogP contribution in [0.5, 0.6) is 0 Å². The predicted octanol–water partition coefficient (Wildman–Crippen LogP) is 3.03. The molecular formula is C15H24FN3O. The van der Waals surface area contributed by atoms with Gasteiger partial charge in [0.15, 0.2) is 0 Å². The van der Waals surface area contributed by atoms with E-state index in [9.17, 15) is 4.39 Å². The smallest absolute Gasteiger partial charge is 0.144 e. The van der Waals surface area contributed by atoms with E-state index < -0.39 is 0 Å². The first-order valence-corrected chi connectivity index (χ1v) is 6.83. The Morgan fingerprint density at radius 1 is 1.40 bits per heavy atom. The molecule has 0 saturated heterocycles. The Kier molecular flexibility index (Phi) is 5.95. The molecule has 5 heteroatoms. The maximum absolute atomic E-state index is 12.8. The van der Waals surface area contributed by atoms with Gasteiger partial charge in [0.25, 0.3) is 0 Å². The number of benzene rings is 1. The molecule has 1 aromatic rings. The van der Waals surface area contributed by atoms with Crippen molar-refractivity contribution >= 4 is 5.84 Å². The molecule has 0 unspecified atom stereocenters. The molecule has 4 nitrogen and oxygen atoms in total. The normalized spacial score (nSPS) is 14.3. The molecule has 20 heavy (non-hydrogen) atoms. The highest BCUT2D eigenvalue weighted by Crippen LogP contribution is 2.22. The lowest BCUT2D eigenvalue weighted by atomic mass is 9.86. The third-order valence-corrected chi connectivity index (χ3v) is 3.60. The van der Waals surface area contributed by atoms with Gasteiger partial charge in [-0.15, -0.1) is 0 Å². The van der Waals surface area contributed by atoms with Crippen molar-refractivity contribution in [3.63, 3.8) is 0 Å². The fourth-order valence-electron chi connectivity index (χ4n) is 1.98. The number of hydrogen-bond donors (Lipinski definition) is 3. The summed E-state index contributed by atoms with van der Waals surface area (Å²) in [5.74, 6) is 0.0329. The van der Waals surface area contributed by atoms with Gasteiger partial charge in [0.05, 0.1) is 0 Å². The second kappa shape index (κ2) is 7.24. The van der Waals surface area contributed by atoms with Crippen LogP contribution in [0.1, 0.15) is 45.2 Å².